The summed E-state index contributed by atoms with van der Waals surface area (Å²) in [5, 5.41) is 5.83. The summed E-state index contributed by atoms with van der Waals surface area (Å²) in [5.74, 6) is 2.68. The number of benzene rings is 7. The van der Waals surface area contributed by atoms with Gasteiger partial charge in [-0.05, 0) is 174 Å². The van der Waals surface area contributed by atoms with Gasteiger partial charge in [0, 0.05) is 10.8 Å². The lowest BCUT2D eigenvalue weighted by Crippen LogP contribution is -2.48. The third-order valence-electron chi connectivity index (χ3n) is 15.4. The minimum atomic E-state index is -0.0490. The Kier molecular flexibility index (Phi) is 6.18. The van der Waals surface area contributed by atoms with Gasteiger partial charge >= 0.3 is 0 Å². The van der Waals surface area contributed by atoms with Gasteiger partial charge in [0.05, 0.1) is 0 Å². The standard InChI is InChI=1S/C54H48/c1-52(2)46-15-9-7-11-38(46)40-20-17-36(27-48(40)52)35-18-22-44-45(26-35)50(37-19-21-41-39-12-8-10-16-47(39)53(3,4)49(41)28-37)42-13-5-6-14-43(42)51(44)54-29-32-23-33(30-54)25-34(24-32)31-54/h5-22,26-28,32-34H,23-25,29-31H2,1-4H3. The van der Waals surface area contributed by atoms with Gasteiger partial charge in [0.1, 0.15) is 0 Å². The SMILES string of the molecule is CC1(C)c2ccccc2-c2ccc(-c3ccc4c(C56CC7CC(CC(C7)C5)C6)c5ccccc5c(-c5ccc6c(c5)C(C)(C)c5ccccc5-6)c4c3)cc21. The molecule has 4 bridgehead atoms. The van der Waals surface area contributed by atoms with E-state index in [9.17, 15) is 0 Å². The molecule has 0 amide bonds. The second-order valence-electron chi connectivity index (χ2n) is 19.1. The topological polar surface area (TPSA) is 0 Å². The lowest BCUT2D eigenvalue weighted by Gasteiger charge is -2.57. The quantitative estimate of drug-likeness (QED) is 0.161. The van der Waals surface area contributed by atoms with Crippen LogP contribution in [0.5, 0.6) is 0 Å². The van der Waals surface area contributed by atoms with E-state index in [-0.39, 0.29) is 16.2 Å². The summed E-state index contributed by atoms with van der Waals surface area (Å²) in [7, 11) is 0. The molecule has 0 heterocycles. The van der Waals surface area contributed by atoms with Crippen LogP contribution in [-0.2, 0) is 16.2 Å². The zero-order chi connectivity index (χ0) is 36.1. The second kappa shape index (κ2) is 10.6. The predicted octanol–water partition coefficient (Wildman–Crippen LogP) is 14.4. The van der Waals surface area contributed by atoms with E-state index in [1.54, 1.807) is 5.56 Å². The third kappa shape index (κ3) is 4.10. The van der Waals surface area contributed by atoms with Crippen LogP contribution in [0.2, 0.25) is 0 Å². The Labute approximate surface area is 320 Å². The molecular formula is C54H48. The van der Waals surface area contributed by atoms with Gasteiger partial charge in [0.25, 0.3) is 0 Å². The van der Waals surface area contributed by atoms with Crippen molar-refractivity contribution in [2.45, 2.75) is 82.5 Å². The van der Waals surface area contributed by atoms with Crippen molar-refractivity contribution in [3.8, 4) is 44.5 Å². The molecule has 7 aromatic carbocycles. The number of hydrogen-bond donors (Lipinski definition) is 0. The summed E-state index contributed by atoms with van der Waals surface area (Å²) in [6, 6.07) is 49.9. The molecule has 6 aliphatic rings. The lowest BCUT2D eigenvalue weighted by atomic mass is 9.47. The first kappa shape index (κ1) is 31.4. The molecule has 0 unspecified atom stereocenters. The van der Waals surface area contributed by atoms with Gasteiger partial charge in [-0.2, -0.15) is 0 Å². The average molecular weight is 697 g/mol. The Balaban J connectivity index is 1.13. The second-order valence-corrected chi connectivity index (χ2v) is 19.1. The van der Waals surface area contributed by atoms with Crippen molar-refractivity contribution in [2.75, 3.05) is 0 Å². The van der Waals surface area contributed by atoms with Crippen LogP contribution in [0.15, 0.2) is 127 Å². The number of rotatable bonds is 3. The summed E-state index contributed by atoms with van der Waals surface area (Å²) >= 11 is 0. The fourth-order valence-corrected chi connectivity index (χ4v) is 13.4. The summed E-state index contributed by atoms with van der Waals surface area (Å²) in [5.41, 5.74) is 18.6. The predicted molar refractivity (Wildman–Crippen MR) is 227 cm³/mol. The Hall–Kier alpha value is -4.94. The summed E-state index contributed by atoms with van der Waals surface area (Å²) in [6.07, 6.45) is 8.48. The van der Waals surface area contributed by atoms with E-state index < -0.39 is 0 Å². The fourth-order valence-electron chi connectivity index (χ4n) is 13.4. The van der Waals surface area contributed by atoms with Crippen LogP contribution in [0, 0.1) is 17.8 Å². The van der Waals surface area contributed by atoms with Gasteiger partial charge in [-0.3, -0.25) is 0 Å². The molecule has 0 atom stereocenters. The molecule has 13 rings (SSSR count). The first-order chi connectivity index (χ1) is 26.2. The molecule has 0 radical (unpaired) electrons. The molecule has 54 heavy (non-hydrogen) atoms. The van der Waals surface area contributed by atoms with Gasteiger partial charge in [-0.25, -0.2) is 0 Å². The van der Waals surface area contributed by atoms with E-state index >= 15 is 0 Å². The molecule has 0 heteroatoms. The number of fused-ring (bicyclic) bond motifs is 8. The Bertz CT molecular complexity index is 2720. The molecule has 0 aliphatic heterocycles. The maximum Gasteiger partial charge on any atom is 0.0159 e. The van der Waals surface area contributed by atoms with Gasteiger partial charge in [0.2, 0.25) is 0 Å². The summed E-state index contributed by atoms with van der Waals surface area (Å²) < 4.78 is 0. The highest BCUT2D eigenvalue weighted by atomic mass is 14.6. The number of hydrogen-bond acceptors (Lipinski definition) is 0. The fraction of sp³-hybridized carbons (Fsp3) is 0.296. The monoisotopic (exact) mass is 696 g/mol. The Morgan fingerprint density at radius 3 is 1.44 bits per heavy atom. The van der Waals surface area contributed by atoms with Gasteiger partial charge in [0.15, 0.2) is 0 Å². The maximum atomic E-state index is 2.59. The molecular weight excluding hydrogens is 649 g/mol. The molecule has 7 aromatic rings. The van der Waals surface area contributed by atoms with Crippen molar-refractivity contribution in [3.63, 3.8) is 0 Å². The molecule has 0 N–H and O–H groups in total. The van der Waals surface area contributed by atoms with Crippen LogP contribution >= 0.6 is 0 Å². The van der Waals surface area contributed by atoms with Crippen LogP contribution in [0.3, 0.4) is 0 Å². The van der Waals surface area contributed by atoms with Crippen LogP contribution in [0.1, 0.15) is 94.0 Å². The van der Waals surface area contributed by atoms with E-state index in [2.05, 4.69) is 155 Å². The highest BCUT2D eigenvalue weighted by molar-refractivity contribution is 6.16. The molecule has 264 valence electrons. The average Bonchev–Trinajstić information content (AvgIpc) is 3.55. The van der Waals surface area contributed by atoms with Crippen molar-refractivity contribution in [1.29, 1.82) is 0 Å². The van der Waals surface area contributed by atoms with Crippen molar-refractivity contribution in [2.24, 2.45) is 17.8 Å². The van der Waals surface area contributed by atoms with Crippen molar-refractivity contribution in [3.05, 3.63) is 155 Å². The van der Waals surface area contributed by atoms with Gasteiger partial charge < -0.3 is 0 Å². The van der Waals surface area contributed by atoms with Crippen LogP contribution < -0.4 is 0 Å². The van der Waals surface area contributed by atoms with Gasteiger partial charge in [-0.15, -0.1) is 0 Å². The van der Waals surface area contributed by atoms with E-state index in [1.165, 1.54) is 127 Å². The van der Waals surface area contributed by atoms with Crippen molar-refractivity contribution < 1.29 is 0 Å². The molecule has 4 fully saturated rings. The Morgan fingerprint density at radius 2 is 0.833 bits per heavy atom. The van der Waals surface area contributed by atoms with Gasteiger partial charge in [-0.1, -0.05) is 137 Å². The van der Waals surface area contributed by atoms with Crippen LogP contribution in [0.25, 0.3) is 66.1 Å². The van der Waals surface area contributed by atoms with E-state index in [0.29, 0.717) is 0 Å². The first-order valence-corrected chi connectivity index (χ1v) is 20.7. The third-order valence-corrected chi connectivity index (χ3v) is 15.4. The van der Waals surface area contributed by atoms with E-state index in [1.807, 2.05) is 0 Å². The van der Waals surface area contributed by atoms with Crippen LogP contribution in [0.4, 0.5) is 0 Å². The molecule has 0 nitrogen and oxygen atoms in total. The molecule has 0 saturated heterocycles. The largest absolute Gasteiger partial charge is 0.0619 e. The molecule has 6 aliphatic carbocycles. The highest BCUT2D eigenvalue weighted by Crippen LogP contribution is 2.63. The summed E-state index contributed by atoms with van der Waals surface area (Å²) in [6.45, 7) is 9.63. The maximum absolute atomic E-state index is 2.59. The molecule has 0 aromatic heterocycles. The lowest BCUT2D eigenvalue weighted by molar-refractivity contribution is -0.00382. The zero-order valence-corrected chi connectivity index (χ0v) is 32.1. The normalized spacial score (nSPS) is 24.8. The molecule has 0 spiro atoms. The Morgan fingerprint density at radius 1 is 0.389 bits per heavy atom. The smallest absolute Gasteiger partial charge is 0.0159 e. The summed E-state index contributed by atoms with van der Waals surface area (Å²) in [4.78, 5) is 0. The zero-order valence-electron chi connectivity index (χ0n) is 32.1. The van der Waals surface area contributed by atoms with Crippen molar-refractivity contribution >= 4 is 21.5 Å². The minimum Gasteiger partial charge on any atom is -0.0619 e. The van der Waals surface area contributed by atoms with Crippen molar-refractivity contribution in [1.82, 2.24) is 0 Å². The highest BCUT2D eigenvalue weighted by Gasteiger charge is 2.52. The van der Waals surface area contributed by atoms with Crippen LogP contribution in [-0.4, -0.2) is 0 Å². The molecule has 4 saturated carbocycles. The minimum absolute atomic E-state index is 0.0272. The van der Waals surface area contributed by atoms with E-state index in [0.717, 1.165) is 17.8 Å². The van der Waals surface area contributed by atoms with E-state index in [4.69, 9.17) is 0 Å². The first-order valence-electron chi connectivity index (χ1n) is 20.7.